The highest BCUT2D eigenvalue weighted by molar-refractivity contribution is 5.86. The van der Waals surface area contributed by atoms with Crippen LogP contribution in [0.25, 0.3) is 33.6 Å². The second-order valence-electron chi connectivity index (χ2n) is 15.8. The van der Waals surface area contributed by atoms with Crippen LogP contribution in [0.15, 0.2) is 54.9 Å². The molecule has 2 aromatic carbocycles. The molecule has 55 heavy (non-hydrogen) atoms. The summed E-state index contributed by atoms with van der Waals surface area (Å²) in [4.78, 5) is 41.9. The van der Waals surface area contributed by atoms with Gasteiger partial charge in [0.25, 0.3) is 23.7 Å². The number of benzene rings is 2. The fraction of sp³-hybridized carbons (Fsp3) is 0.500. The van der Waals surface area contributed by atoms with Crippen molar-refractivity contribution in [1.82, 2.24) is 30.6 Å². The van der Waals surface area contributed by atoms with Crippen molar-refractivity contribution in [2.45, 2.75) is 102 Å². The highest BCUT2D eigenvalue weighted by Crippen LogP contribution is 2.37. The first-order valence-corrected chi connectivity index (χ1v) is 18.4. The van der Waals surface area contributed by atoms with E-state index < -0.39 is 78.8 Å². The van der Waals surface area contributed by atoms with Gasteiger partial charge < -0.3 is 30.1 Å². The van der Waals surface area contributed by atoms with Crippen molar-refractivity contribution in [2.75, 3.05) is 13.2 Å². The number of imidazole rings is 2. The Morgan fingerprint density at radius 1 is 0.673 bits per heavy atom. The zero-order chi connectivity index (χ0) is 39.9. The highest BCUT2D eigenvalue weighted by Gasteiger charge is 2.48. The quantitative estimate of drug-likeness (QED) is 0.113. The summed E-state index contributed by atoms with van der Waals surface area (Å²) in [5, 5.41) is 5.83. The first kappa shape index (κ1) is 40.0. The predicted molar refractivity (Wildman–Crippen MR) is 196 cm³/mol. The van der Waals surface area contributed by atoms with E-state index >= 15 is 4.39 Å². The molecule has 0 bridgehead atoms. The van der Waals surface area contributed by atoms with Crippen LogP contribution in [0.1, 0.15) is 91.0 Å². The molecule has 2 amide bonds. The number of alkyl halides is 4. The molecule has 15 heteroatoms. The largest absolute Gasteiger partial charge is 0.359 e. The number of nitrogens with zero attached hydrogens (tertiary/aromatic N) is 2. The Hall–Kier alpha value is -4.63. The third-order valence-electron chi connectivity index (χ3n) is 10.5. The van der Waals surface area contributed by atoms with Gasteiger partial charge in [0.2, 0.25) is 0 Å². The van der Waals surface area contributed by atoms with E-state index in [9.17, 15) is 27.2 Å². The molecule has 2 aliphatic rings. The molecule has 4 heterocycles. The molecule has 10 nitrogen and oxygen atoms in total. The number of nitrogens with one attached hydrogen (secondary N) is 4. The van der Waals surface area contributed by atoms with Crippen molar-refractivity contribution in [1.29, 1.82) is 0 Å². The SMILES string of the molecule is CC(C)[C@H](NC(=O)[C@@]1(C)CCC(F)(F)CO1)c1nc(-c2ccc(-c3ccc(-c4c[nH]c([C@@H](NC(=O)[C@@]5(C)CCC(F)(F)CO5)C(C)C)n4)cc3F)cc2)c[nH]1. The number of H-pyrrole nitrogens is 2. The van der Waals surface area contributed by atoms with E-state index in [1.807, 2.05) is 39.8 Å². The number of aromatic nitrogens is 4. The van der Waals surface area contributed by atoms with E-state index in [2.05, 4.69) is 25.6 Å². The Balaban J connectivity index is 1.12. The summed E-state index contributed by atoms with van der Waals surface area (Å²) in [5.41, 5.74) is 0.551. The molecule has 4 atom stereocenters. The van der Waals surface area contributed by atoms with Crippen LogP contribution in [-0.2, 0) is 19.1 Å². The van der Waals surface area contributed by atoms with Gasteiger partial charge in [-0.1, -0.05) is 64.1 Å². The van der Waals surface area contributed by atoms with Gasteiger partial charge in [0, 0.05) is 41.9 Å². The maximum absolute atomic E-state index is 15.6. The van der Waals surface area contributed by atoms with Gasteiger partial charge in [-0.3, -0.25) is 9.59 Å². The Kier molecular flexibility index (Phi) is 11.0. The number of hydrogen-bond acceptors (Lipinski definition) is 6. The minimum Gasteiger partial charge on any atom is -0.359 e. The summed E-state index contributed by atoms with van der Waals surface area (Å²) in [7, 11) is 0. The number of amides is 2. The topological polar surface area (TPSA) is 134 Å². The standard InChI is InChI=1S/C40H47F5N6O4/c1-22(2)31(50-35(52)37(5)13-15-39(42,43)20-54-37)33-46-18-29(48-33)25-9-7-24(8-10-25)27-12-11-26(17-28(27)41)30-19-47-34(49-30)32(23(3)4)51-36(53)38(6)14-16-40(44,45)21-55-38/h7-12,17-19,22-23,31-32H,13-16,20-21H2,1-6H3,(H,46,48)(H,47,49)(H,50,52)(H,51,53)/t31-,32-,37+,38+/m0/s1. The van der Waals surface area contributed by atoms with Crippen LogP contribution in [-0.4, -0.2) is 68.0 Å². The van der Waals surface area contributed by atoms with Crippen LogP contribution in [0.5, 0.6) is 0 Å². The third kappa shape index (κ3) is 8.77. The van der Waals surface area contributed by atoms with Gasteiger partial charge in [0.15, 0.2) is 0 Å². The van der Waals surface area contributed by atoms with Crippen LogP contribution in [0.4, 0.5) is 22.0 Å². The monoisotopic (exact) mass is 770 g/mol. The minimum absolute atomic E-state index is 0.0825. The number of carbonyl (C=O) groups excluding carboxylic acids is 2. The predicted octanol–water partition coefficient (Wildman–Crippen LogP) is 8.31. The van der Waals surface area contributed by atoms with Gasteiger partial charge in [-0.05, 0) is 50.2 Å². The average Bonchev–Trinajstić information content (AvgIpc) is 3.83. The number of halogens is 5. The third-order valence-corrected chi connectivity index (χ3v) is 10.5. The van der Waals surface area contributed by atoms with E-state index in [1.165, 1.54) is 19.9 Å². The van der Waals surface area contributed by atoms with Gasteiger partial charge in [0.1, 0.15) is 41.9 Å². The lowest BCUT2D eigenvalue weighted by molar-refractivity contribution is -0.190. The molecule has 2 saturated heterocycles. The van der Waals surface area contributed by atoms with Crippen molar-refractivity contribution in [3.8, 4) is 33.6 Å². The number of carbonyl (C=O) groups is 2. The van der Waals surface area contributed by atoms with Crippen molar-refractivity contribution in [3.05, 3.63) is 72.3 Å². The van der Waals surface area contributed by atoms with Crippen LogP contribution in [0, 0.1) is 17.7 Å². The second kappa shape index (κ2) is 15.1. The van der Waals surface area contributed by atoms with E-state index in [4.69, 9.17) is 14.5 Å². The molecular weight excluding hydrogens is 723 g/mol. The minimum atomic E-state index is -2.97. The lowest BCUT2D eigenvalue weighted by atomic mass is 9.92. The number of rotatable bonds is 11. The smallest absolute Gasteiger partial charge is 0.271 e. The molecule has 2 aromatic heterocycles. The van der Waals surface area contributed by atoms with Gasteiger partial charge in [-0.15, -0.1) is 0 Å². The van der Waals surface area contributed by atoms with Crippen molar-refractivity contribution in [2.24, 2.45) is 11.8 Å². The van der Waals surface area contributed by atoms with Gasteiger partial charge in [-0.2, -0.15) is 0 Å². The Morgan fingerprint density at radius 2 is 1.09 bits per heavy atom. The number of hydrogen-bond donors (Lipinski definition) is 4. The summed E-state index contributed by atoms with van der Waals surface area (Å²) in [6.45, 7) is 9.01. The fourth-order valence-corrected chi connectivity index (χ4v) is 6.73. The fourth-order valence-electron chi connectivity index (χ4n) is 6.73. The molecule has 6 rings (SSSR count). The molecule has 4 N–H and O–H groups in total. The number of ether oxygens (including phenoxy) is 2. The first-order chi connectivity index (χ1) is 25.8. The maximum atomic E-state index is 15.6. The zero-order valence-electron chi connectivity index (χ0n) is 31.7. The van der Waals surface area contributed by atoms with E-state index in [0.717, 1.165) is 5.56 Å². The Morgan fingerprint density at radius 3 is 1.49 bits per heavy atom. The van der Waals surface area contributed by atoms with E-state index in [-0.39, 0.29) is 24.7 Å². The summed E-state index contributed by atoms with van der Waals surface area (Å²) in [6, 6.07) is 10.9. The molecule has 0 radical (unpaired) electrons. The molecule has 0 aliphatic carbocycles. The van der Waals surface area contributed by atoms with E-state index in [1.54, 1.807) is 36.7 Å². The molecule has 0 spiro atoms. The Bertz CT molecular complexity index is 1990. The van der Waals surface area contributed by atoms with Crippen LogP contribution in [0.2, 0.25) is 0 Å². The number of aromatic amines is 2. The normalized spacial score (nSPS) is 23.4. The molecular formula is C40H47F5N6O4. The van der Waals surface area contributed by atoms with Gasteiger partial charge >= 0.3 is 0 Å². The van der Waals surface area contributed by atoms with E-state index in [0.29, 0.717) is 39.7 Å². The van der Waals surface area contributed by atoms with Crippen molar-refractivity contribution in [3.63, 3.8) is 0 Å². The molecule has 0 unspecified atom stereocenters. The molecule has 4 aromatic rings. The highest BCUT2D eigenvalue weighted by atomic mass is 19.3. The summed E-state index contributed by atoms with van der Waals surface area (Å²) >= 11 is 0. The first-order valence-electron chi connectivity index (χ1n) is 18.4. The maximum Gasteiger partial charge on any atom is 0.271 e. The molecule has 2 aliphatic heterocycles. The Labute approximate surface area is 316 Å². The molecule has 296 valence electrons. The van der Waals surface area contributed by atoms with Crippen LogP contribution < -0.4 is 10.6 Å². The zero-order valence-corrected chi connectivity index (χ0v) is 31.7. The lowest BCUT2D eigenvalue weighted by Crippen LogP contribution is -2.53. The second-order valence-corrected chi connectivity index (χ2v) is 15.8. The molecule has 2 fully saturated rings. The van der Waals surface area contributed by atoms with Crippen LogP contribution in [0.3, 0.4) is 0 Å². The van der Waals surface area contributed by atoms with Gasteiger partial charge in [0.05, 0.1) is 23.5 Å². The average molecular weight is 771 g/mol. The van der Waals surface area contributed by atoms with Crippen molar-refractivity contribution < 1.29 is 41.0 Å². The lowest BCUT2D eigenvalue weighted by Gasteiger charge is -2.37. The summed E-state index contributed by atoms with van der Waals surface area (Å²) in [5.74, 6) is -6.64. The summed E-state index contributed by atoms with van der Waals surface area (Å²) in [6.07, 6.45) is 2.23. The summed E-state index contributed by atoms with van der Waals surface area (Å²) < 4.78 is 80.9. The van der Waals surface area contributed by atoms with Crippen molar-refractivity contribution >= 4 is 11.8 Å². The van der Waals surface area contributed by atoms with Crippen LogP contribution >= 0.6 is 0 Å². The van der Waals surface area contributed by atoms with Gasteiger partial charge in [-0.25, -0.2) is 31.9 Å². The molecule has 0 saturated carbocycles.